The van der Waals surface area contributed by atoms with Crippen LogP contribution in [0, 0.1) is 5.92 Å². The highest BCUT2D eigenvalue weighted by molar-refractivity contribution is 7.09. The molecular formula is C23H31N5O5S. The summed E-state index contributed by atoms with van der Waals surface area (Å²) < 4.78 is 14.8. The summed E-state index contributed by atoms with van der Waals surface area (Å²) >= 11 is 0.782. The Morgan fingerprint density at radius 2 is 2.00 bits per heavy atom. The Kier molecular flexibility index (Phi) is 8.46. The number of nitrogens with two attached hydrogens (primary N) is 2. The zero-order chi connectivity index (χ0) is 24.8. The van der Waals surface area contributed by atoms with E-state index in [2.05, 4.69) is 9.69 Å². The molecule has 0 aliphatic carbocycles. The molecule has 5 N–H and O–H groups in total. The molecule has 2 atom stereocenters. The molecule has 11 heteroatoms. The smallest absolute Gasteiger partial charge is 0.272 e. The molecule has 1 aromatic heterocycles. The molecule has 1 fully saturated rings. The van der Waals surface area contributed by atoms with E-state index >= 15 is 0 Å². The number of carbonyl (C=O) groups excluding carboxylic acids is 3. The average molecular weight is 490 g/mol. The van der Waals surface area contributed by atoms with E-state index < -0.39 is 17.9 Å². The maximum Gasteiger partial charge on any atom is 0.272 e. The van der Waals surface area contributed by atoms with Crippen molar-refractivity contribution in [2.75, 3.05) is 30.9 Å². The summed E-state index contributed by atoms with van der Waals surface area (Å²) in [6, 6.07) is 5.97. The number of aromatic nitrogens is 1. The predicted octanol–water partition coefficient (Wildman–Crippen LogP) is 2.19. The lowest BCUT2D eigenvalue weighted by Crippen LogP contribution is -2.51. The summed E-state index contributed by atoms with van der Waals surface area (Å²) in [5.74, 6) is -0.950. The minimum atomic E-state index is -0.833. The van der Waals surface area contributed by atoms with Crippen molar-refractivity contribution in [2.45, 2.75) is 45.3 Å². The summed E-state index contributed by atoms with van der Waals surface area (Å²) in [6.07, 6.45) is 2.20. The Balaban J connectivity index is 1.99. The maximum absolute atomic E-state index is 13.8. The number of primary amides is 1. The zero-order valence-corrected chi connectivity index (χ0v) is 20.4. The molecule has 34 heavy (non-hydrogen) atoms. The third-order valence-electron chi connectivity index (χ3n) is 5.56. The number of rotatable bonds is 10. The fourth-order valence-corrected chi connectivity index (χ4v) is 4.58. The van der Waals surface area contributed by atoms with E-state index in [4.69, 9.17) is 20.9 Å². The molecular weight excluding hydrogens is 458 g/mol. The monoisotopic (exact) mass is 489 g/mol. The highest BCUT2D eigenvalue weighted by Gasteiger charge is 2.35. The van der Waals surface area contributed by atoms with Crippen molar-refractivity contribution in [3.63, 3.8) is 0 Å². The number of amides is 3. The molecule has 184 valence electrons. The first-order chi connectivity index (χ1) is 16.2. The molecule has 0 radical (unpaired) electrons. The number of anilines is 2. The number of nitrogens with zero attached hydrogens (tertiary/aromatic N) is 2. The number of methoxy groups -OCH3 is 1. The van der Waals surface area contributed by atoms with E-state index in [0.717, 1.165) is 24.4 Å². The summed E-state index contributed by atoms with van der Waals surface area (Å²) in [7, 11) is 1.54. The van der Waals surface area contributed by atoms with Crippen LogP contribution in [-0.2, 0) is 9.53 Å². The van der Waals surface area contributed by atoms with Gasteiger partial charge < -0.3 is 26.3 Å². The molecule has 1 saturated heterocycles. The number of nitrogens with one attached hydrogen (secondary N) is 1. The van der Waals surface area contributed by atoms with Gasteiger partial charge in [-0.05, 0) is 61.0 Å². The van der Waals surface area contributed by atoms with Gasteiger partial charge in [-0.1, -0.05) is 13.8 Å². The standard InChI is InChI=1S/C23H31N5O5S/c1-13(2)11-17(22(30)26-12-16-5-4-10-33-16)28(14-6-8-15(32-3)9-7-14)23(31)20-18(24)19(21(25)29)27-34-20/h6-9,13,16-17H,4-5,10-12,24H2,1-3H3,(H2,25,29)(H,26,30)/t16-,17+/m0/s1. The van der Waals surface area contributed by atoms with Crippen LogP contribution in [0.5, 0.6) is 5.75 Å². The molecule has 1 aliphatic heterocycles. The van der Waals surface area contributed by atoms with Crippen LogP contribution < -0.4 is 26.4 Å². The minimum Gasteiger partial charge on any atom is -0.497 e. The lowest BCUT2D eigenvalue weighted by molar-refractivity contribution is -0.123. The van der Waals surface area contributed by atoms with Crippen LogP contribution in [0.15, 0.2) is 24.3 Å². The van der Waals surface area contributed by atoms with Crippen LogP contribution >= 0.6 is 11.5 Å². The number of hydrogen-bond donors (Lipinski definition) is 3. The third-order valence-corrected chi connectivity index (χ3v) is 6.41. The van der Waals surface area contributed by atoms with Crippen LogP contribution in [0.2, 0.25) is 0 Å². The topological polar surface area (TPSA) is 150 Å². The molecule has 2 aromatic rings. The lowest BCUT2D eigenvalue weighted by atomic mass is 10.00. The number of benzene rings is 1. The second-order valence-corrected chi connectivity index (χ2v) is 9.31. The molecule has 0 spiro atoms. The summed E-state index contributed by atoms with van der Waals surface area (Å²) in [6.45, 7) is 5.00. The first kappa shape index (κ1) is 25.4. The summed E-state index contributed by atoms with van der Waals surface area (Å²) in [5.41, 5.74) is 11.6. The van der Waals surface area contributed by atoms with Gasteiger partial charge in [0, 0.05) is 18.8 Å². The SMILES string of the molecule is COc1ccc(N(C(=O)c2snc(C(N)=O)c2N)[C@H](CC(C)C)C(=O)NC[C@@H]2CCCO2)cc1. The molecule has 3 rings (SSSR count). The number of hydrogen-bond acceptors (Lipinski definition) is 8. The largest absolute Gasteiger partial charge is 0.497 e. The Labute approximate surface area is 202 Å². The average Bonchev–Trinajstić information content (AvgIpc) is 3.46. The quantitative estimate of drug-likeness (QED) is 0.463. The van der Waals surface area contributed by atoms with E-state index in [1.165, 1.54) is 4.90 Å². The highest BCUT2D eigenvalue weighted by Crippen LogP contribution is 2.30. The van der Waals surface area contributed by atoms with Crippen molar-refractivity contribution in [1.82, 2.24) is 9.69 Å². The van der Waals surface area contributed by atoms with Crippen LogP contribution in [0.1, 0.15) is 53.3 Å². The molecule has 2 heterocycles. The summed E-state index contributed by atoms with van der Waals surface area (Å²) in [4.78, 5) is 40.3. The van der Waals surface area contributed by atoms with Crippen LogP contribution in [0.25, 0.3) is 0 Å². The summed E-state index contributed by atoms with van der Waals surface area (Å²) in [5, 5.41) is 2.95. The van der Waals surface area contributed by atoms with Gasteiger partial charge in [0.15, 0.2) is 5.69 Å². The van der Waals surface area contributed by atoms with Gasteiger partial charge in [-0.15, -0.1) is 0 Å². The van der Waals surface area contributed by atoms with Gasteiger partial charge in [0.2, 0.25) is 5.91 Å². The minimum absolute atomic E-state index is 0.0379. The molecule has 1 aliphatic rings. The number of nitrogen functional groups attached to an aromatic ring is 1. The third kappa shape index (κ3) is 5.84. The van der Waals surface area contributed by atoms with Gasteiger partial charge in [0.1, 0.15) is 16.7 Å². The second kappa shape index (κ2) is 11.3. The number of carbonyl (C=O) groups is 3. The van der Waals surface area contributed by atoms with Crippen LogP contribution in [-0.4, -0.2) is 54.5 Å². The van der Waals surface area contributed by atoms with Gasteiger partial charge >= 0.3 is 0 Å². The first-order valence-corrected chi connectivity index (χ1v) is 11.9. The van der Waals surface area contributed by atoms with E-state index in [1.807, 2.05) is 13.8 Å². The number of ether oxygens (including phenoxy) is 2. The van der Waals surface area contributed by atoms with Gasteiger partial charge in [-0.25, -0.2) is 0 Å². The molecule has 1 aromatic carbocycles. The van der Waals surface area contributed by atoms with E-state index in [1.54, 1.807) is 31.4 Å². The first-order valence-electron chi connectivity index (χ1n) is 11.1. The van der Waals surface area contributed by atoms with Crippen molar-refractivity contribution in [3.8, 4) is 5.75 Å². The lowest BCUT2D eigenvalue weighted by Gasteiger charge is -2.32. The maximum atomic E-state index is 13.8. The second-order valence-electron chi connectivity index (χ2n) is 8.54. The normalized spacial score (nSPS) is 16.3. The van der Waals surface area contributed by atoms with Gasteiger partial charge in [-0.2, -0.15) is 4.37 Å². The van der Waals surface area contributed by atoms with Crippen molar-refractivity contribution in [2.24, 2.45) is 11.7 Å². The van der Waals surface area contributed by atoms with Crippen molar-refractivity contribution < 1.29 is 23.9 Å². The Morgan fingerprint density at radius 1 is 1.29 bits per heavy atom. The van der Waals surface area contributed by atoms with E-state index in [-0.39, 0.29) is 34.2 Å². The fraction of sp³-hybridized carbons (Fsp3) is 0.478. The molecule has 3 amide bonds. The fourth-order valence-electron chi connectivity index (χ4n) is 3.83. The molecule has 0 bridgehead atoms. The van der Waals surface area contributed by atoms with Crippen LogP contribution in [0.3, 0.4) is 0 Å². The predicted molar refractivity (Wildman–Crippen MR) is 130 cm³/mol. The van der Waals surface area contributed by atoms with Gasteiger partial charge in [0.05, 0.1) is 18.9 Å². The van der Waals surface area contributed by atoms with Gasteiger partial charge in [0.25, 0.3) is 11.8 Å². The van der Waals surface area contributed by atoms with E-state index in [9.17, 15) is 14.4 Å². The Bertz CT molecular complexity index is 1020. The van der Waals surface area contributed by atoms with Crippen molar-refractivity contribution in [3.05, 3.63) is 34.8 Å². The van der Waals surface area contributed by atoms with Gasteiger partial charge in [-0.3, -0.25) is 19.3 Å². The molecule has 0 saturated carbocycles. The van der Waals surface area contributed by atoms with E-state index in [0.29, 0.717) is 31.0 Å². The Morgan fingerprint density at radius 3 is 2.53 bits per heavy atom. The zero-order valence-electron chi connectivity index (χ0n) is 19.6. The van der Waals surface area contributed by atoms with Crippen LogP contribution in [0.4, 0.5) is 11.4 Å². The highest BCUT2D eigenvalue weighted by atomic mass is 32.1. The molecule has 10 nitrogen and oxygen atoms in total. The van der Waals surface area contributed by atoms with Crippen molar-refractivity contribution >= 4 is 40.6 Å². The van der Waals surface area contributed by atoms with Crippen molar-refractivity contribution in [1.29, 1.82) is 0 Å². The Hall–Kier alpha value is -3.18. The molecule has 0 unspecified atom stereocenters.